The summed E-state index contributed by atoms with van der Waals surface area (Å²) in [4.78, 5) is 29.9. The van der Waals surface area contributed by atoms with Crippen molar-refractivity contribution in [1.82, 2.24) is 29.2 Å². The van der Waals surface area contributed by atoms with E-state index < -0.39 is 0 Å². The molecule has 0 fully saturated rings. The Bertz CT molecular complexity index is 1570. The first-order valence-corrected chi connectivity index (χ1v) is 11.3. The Morgan fingerprint density at radius 3 is 2.82 bits per heavy atom. The summed E-state index contributed by atoms with van der Waals surface area (Å²) in [5.41, 5.74) is 3.33. The van der Waals surface area contributed by atoms with E-state index in [9.17, 15) is 9.59 Å². The maximum Gasteiger partial charge on any atom is 0.264 e. The van der Waals surface area contributed by atoms with E-state index in [1.807, 2.05) is 60.3 Å². The van der Waals surface area contributed by atoms with Crippen molar-refractivity contribution >= 4 is 39.4 Å². The monoisotopic (exact) mass is 474 g/mol. The molecule has 172 valence electrons. The van der Waals surface area contributed by atoms with Gasteiger partial charge in [-0.05, 0) is 29.3 Å². The minimum atomic E-state index is -0.170. The minimum absolute atomic E-state index is 0.0651. The molecule has 3 heterocycles. The lowest BCUT2D eigenvalue weighted by Gasteiger charge is -2.08. The van der Waals surface area contributed by atoms with Crippen molar-refractivity contribution in [3.8, 4) is 0 Å². The standard InChI is InChI=1S/C25H23ClN6O2/c1-30-15-18(20-7-2-3-8-22(20)30)12-23(33)27-9-10-32-24-21(13-29-32)25(34)31(16-28-24)14-17-5-4-6-19(26)11-17/h2-8,11,13,15-16H,9-10,12,14H2,1H3,(H,27,33). The highest BCUT2D eigenvalue weighted by Crippen LogP contribution is 2.20. The molecule has 0 atom stereocenters. The summed E-state index contributed by atoms with van der Waals surface area (Å²) in [7, 11) is 1.97. The van der Waals surface area contributed by atoms with Crippen molar-refractivity contribution in [3.05, 3.63) is 93.8 Å². The molecule has 0 unspecified atom stereocenters. The number of hydrogen-bond acceptors (Lipinski definition) is 4. The maximum atomic E-state index is 12.9. The quantitative estimate of drug-likeness (QED) is 0.392. The fourth-order valence-corrected chi connectivity index (χ4v) is 4.42. The van der Waals surface area contributed by atoms with Gasteiger partial charge >= 0.3 is 0 Å². The van der Waals surface area contributed by atoms with E-state index in [0.29, 0.717) is 42.1 Å². The summed E-state index contributed by atoms with van der Waals surface area (Å²) in [5.74, 6) is -0.0651. The number of carbonyl (C=O) groups is 1. The number of para-hydroxylation sites is 1. The second-order valence-corrected chi connectivity index (χ2v) is 8.66. The van der Waals surface area contributed by atoms with Crippen LogP contribution in [0.4, 0.5) is 0 Å². The normalized spacial score (nSPS) is 11.4. The third-order valence-corrected chi connectivity index (χ3v) is 6.08. The second-order valence-electron chi connectivity index (χ2n) is 8.22. The van der Waals surface area contributed by atoms with Crippen LogP contribution in [0.15, 0.2) is 72.0 Å². The van der Waals surface area contributed by atoms with Crippen LogP contribution in [0.5, 0.6) is 0 Å². The van der Waals surface area contributed by atoms with Gasteiger partial charge in [0.25, 0.3) is 5.56 Å². The maximum absolute atomic E-state index is 12.9. The summed E-state index contributed by atoms with van der Waals surface area (Å²) in [6, 6.07) is 15.4. The van der Waals surface area contributed by atoms with Crippen LogP contribution in [-0.4, -0.2) is 36.4 Å². The topological polar surface area (TPSA) is 86.7 Å². The highest BCUT2D eigenvalue weighted by molar-refractivity contribution is 6.30. The fraction of sp³-hybridized carbons (Fsp3) is 0.200. The zero-order valence-electron chi connectivity index (χ0n) is 18.6. The third-order valence-electron chi connectivity index (χ3n) is 5.84. The first-order chi connectivity index (χ1) is 16.5. The zero-order chi connectivity index (χ0) is 23.7. The lowest BCUT2D eigenvalue weighted by atomic mass is 10.1. The average Bonchev–Trinajstić information content (AvgIpc) is 3.37. The van der Waals surface area contributed by atoms with E-state index in [0.717, 1.165) is 22.0 Å². The molecule has 8 nitrogen and oxygen atoms in total. The number of halogens is 1. The van der Waals surface area contributed by atoms with Gasteiger partial charge in [0.2, 0.25) is 5.91 Å². The zero-order valence-corrected chi connectivity index (χ0v) is 19.4. The highest BCUT2D eigenvalue weighted by atomic mass is 35.5. The van der Waals surface area contributed by atoms with Gasteiger partial charge in [0.15, 0.2) is 5.65 Å². The fourth-order valence-electron chi connectivity index (χ4n) is 4.21. The number of hydrogen-bond donors (Lipinski definition) is 1. The van der Waals surface area contributed by atoms with Gasteiger partial charge in [0, 0.05) is 35.7 Å². The van der Waals surface area contributed by atoms with Crippen molar-refractivity contribution < 1.29 is 4.79 Å². The molecule has 5 rings (SSSR count). The number of aromatic nitrogens is 5. The van der Waals surface area contributed by atoms with Gasteiger partial charge in [-0.1, -0.05) is 41.9 Å². The third kappa shape index (κ3) is 4.32. The summed E-state index contributed by atoms with van der Waals surface area (Å²) in [6.45, 7) is 1.17. The first-order valence-electron chi connectivity index (χ1n) is 10.9. The molecular formula is C25H23ClN6O2. The Labute approximate surface area is 200 Å². The number of carbonyl (C=O) groups excluding carboxylic acids is 1. The van der Waals surface area contributed by atoms with Gasteiger partial charge in [-0.3, -0.25) is 14.2 Å². The van der Waals surface area contributed by atoms with Crippen LogP contribution < -0.4 is 10.9 Å². The Morgan fingerprint density at radius 1 is 1.12 bits per heavy atom. The number of benzene rings is 2. The molecule has 5 aromatic rings. The van der Waals surface area contributed by atoms with Crippen LogP contribution in [0.2, 0.25) is 5.02 Å². The van der Waals surface area contributed by atoms with Gasteiger partial charge in [0.1, 0.15) is 11.7 Å². The molecule has 0 aliphatic heterocycles. The summed E-state index contributed by atoms with van der Waals surface area (Å²) >= 11 is 6.04. The van der Waals surface area contributed by atoms with Crippen LogP contribution in [0.3, 0.4) is 0 Å². The second kappa shape index (κ2) is 9.15. The van der Waals surface area contributed by atoms with Crippen LogP contribution in [0.1, 0.15) is 11.1 Å². The molecule has 0 aliphatic rings. The van der Waals surface area contributed by atoms with Gasteiger partial charge in [-0.2, -0.15) is 5.10 Å². The Balaban J connectivity index is 1.24. The average molecular weight is 475 g/mol. The lowest BCUT2D eigenvalue weighted by Crippen LogP contribution is -2.29. The summed E-state index contributed by atoms with van der Waals surface area (Å²) in [6.07, 6.45) is 5.33. The van der Waals surface area contributed by atoms with Gasteiger partial charge in [0.05, 0.1) is 25.7 Å². The van der Waals surface area contributed by atoms with Crippen molar-refractivity contribution in [2.45, 2.75) is 19.5 Å². The number of fused-ring (bicyclic) bond motifs is 2. The molecule has 9 heteroatoms. The van der Waals surface area contributed by atoms with Crippen LogP contribution >= 0.6 is 11.6 Å². The van der Waals surface area contributed by atoms with Crippen molar-refractivity contribution in [2.24, 2.45) is 7.05 Å². The molecule has 2 aromatic carbocycles. The highest BCUT2D eigenvalue weighted by Gasteiger charge is 2.13. The number of amides is 1. The van der Waals surface area contributed by atoms with Crippen LogP contribution in [0.25, 0.3) is 21.9 Å². The van der Waals surface area contributed by atoms with Gasteiger partial charge in [-0.15, -0.1) is 0 Å². The number of rotatable bonds is 7. The molecule has 0 bridgehead atoms. The van der Waals surface area contributed by atoms with Crippen LogP contribution in [0, 0.1) is 0 Å². The molecule has 34 heavy (non-hydrogen) atoms. The summed E-state index contributed by atoms with van der Waals surface area (Å²) in [5, 5.41) is 9.39. The molecule has 1 N–H and O–H groups in total. The van der Waals surface area contributed by atoms with Gasteiger partial charge < -0.3 is 9.88 Å². The van der Waals surface area contributed by atoms with Crippen molar-refractivity contribution in [1.29, 1.82) is 0 Å². The first kappa shape index (κ1) is 21.9. The van der Waals surface area contributed by atoms with E-state index in [-0.39, 0.29) is 11.5 Å². The van der Waals surface area contributed by atoms with E-state index in [1.165, 1.54) is 17.1 Å². The molecule has 0 spiro atoms. The number of nitrogens with zero attached hydrogens (tertiary/aromatic N) is 5. The number of aryl methyl sites for hydroxylation is 1. The van der Waals surface area contributed by atoms with Gasteiger partial charge in [-0.25, -0.2) is 9.67 Å². The predicted molar refractivity (Wildman–Crippen MR) is 132 cm³/mol. The molecule has 1 amide bonds. The Morgan fingerprint density at radius 2 is 1.97 bits per heavy atom. The molecule has 0 aliphatic carbocycles. The summed E-state index contributed by atoms with van der Waals surface area (Å²) < 4.78 is 5.20. The minimum Gasteiger partial charge on any atom is -0.354 e. The largest absolute Gasteiger partial charge is 0.354 e. The van der Waals surface area contributed by atoms with E-state index >= 15 is 0 Å². The molecule has 3 aromatic heterocycles. The number of nitrogens with one attached hydrogen (secondary N) is 1. The smallest absolute Gasteiger partial charge is 0.264 e. The van der Waals surface area contributed by atoms with E-state index in [2.05, 4.69) is 15.4 Å². The molecular weight excluding hydrogens is 452 g/mol. The van der Waals surface area contributed by atoms with Crippen molar-refractivity contribution in [3.63, 3.8) is 0 Å². The molecule has 0 saturated heterocycles. The molecule has 0 radical (unpaired) electrons. The SMILES string of the molecule is Cn1cc(CC(=O)NCCn2ncc3c(=O)n(Cc4cccc(Cl)c4)cnc32)c2ccccc21. The lowest BCUT2D eigenvalue weighted by molar-refractivity contribution is -0.120. The predicted octanol–water partition coefficient (Wildman–Crippen LogP) is 3.15. The Kier molecular flexibility index (Phi) is 5.90. The van der Waals surface area contributed by atoms with Crippen molar-refractivity contribution in [2.75, 3.05) is 6.54 Å². The molecule has 0 saturated carbocycles. The Hall–Kier alpha value is -3.91. The van der Waals surface area contributed by atoms with Crippen LogP contribution in [-0.2, 0) is 31.4 Å². The van der Waals surface area contributed by atoms with E-state index in [1.54, 1.807) is 10.7 Å². The van der Waals surface area contributed by atoms with E-state index in [4.69, 9.17) is 11.6 Å².